The van der Waals surface area contributed by atoms with Gasteiger partial charge in [0.1, 0.15) is 0 Å². The maximum absolute atomic E-state index is 11.5. The third kappa shape index (κ3) is 1.95. The van der Waals surface area contributed by atoms with Crippen LogP contribution in [0.5, 0.6) is 0 Å². The molecule has 76 valence electrons. The Balaban J connectivity index is 1.98. The molecule has 14 heavy (non-hydrogen) atoms. The van der Waals surface area contributed by atoms with Gasteiger partial charge in [-0.1, -0.05) is 0 Å². The standard InChI is InChI=1S/C10H15N3O/c1-6-9(7(2)13-12-6)5-10(14)11-8-3-4-8/h8H,3-5H2,1-2H3,(H,11,14)(H,12,13). The van der Waals surface area contributed by atoms with Gasteiger partial charge in [-0.3, -0.25) is 9.89 Å². The van der Waals surface area contributed by atoms with Gasteiger partial charge in [0.2, 0.25) is 5.91 Å². The maximum atomic E-state index is 11.5. The Kier molecular flexibility index (Phi) is 2.27. The van der Waals surface area contributed by atoms with E-state index in [2.05, 4.69) is 15.5 Å². The number of aromatic nitrogens is 2. The fourth-order valence-electron chi connectivity index (χ4n) is 1.50. The largest absolute Gasteiger partial charge is 0.353 e. The zero-order valence-electron chi connectivity index (χ0n) is 8.55. The topological polar surface area (TPSA) is 57.8 Å². The van der Waals surface area contributed by atoms with Crippen molar-refractivity contribution in [3.8, 4) is 0 Å². The number of nitrogens with zero attached hydrogens (tertiary/aromatic N) is 1. The van der Waals surface area contributed by atoms with Gasteiger partial charge in [0.15, 0.2) is 0 Å². The van der Waals surface area contributed by atoms with Crippen LogP contribution >= 0.6 is 0 Å². The lowest BCUT2D eigenvalue weighted by molar-refractivity contribution is -0.120. The highest BCUT2D eigenvalue weighted by Crippen LogP contribution is 2.19. The molecular formula is C10H15N3O. The minimum atomic E-state index is 0.111. The molecule has 0 saturated heterocycles. The highest BCUT2D eigenvalue weighted by atomic mass is 16.1. The summed E-state index contributed by atoms with van der Waals surface area (Å²) in [5.74, 6) is 0.111. The lowest BCUT2D eigenvalue weighted by Gasteiger charge is -2.02. The van der Waals surface area contributed by atoms with Crippen LogP contribution in [0.1, 0.15) is 29.8 Å². The molecule has 1 heterocycles. The number of rotatable bonds is 3. The van der Waals surface area contributed by atoms with Crippen molar-refractivity contribution in [2.24, 2.45) is 0 Å². The van der Waals surface area contributed by atoms with E-state index in [1.165, 1.54) is 0 Å². The number of nitrogens with one attached hydrogen (secondary N) is 2. The molecule has 1 aromatic rings. The first kappa shape index (κ1) is 9.24. The molecule has 0 atom stereocenters. The predicted molar refractivity (Wildman–Crippen MR) is 52.9 cm³/mol. The van der Waals surface area contributed by atoms with Gasteiger partial charge in [0, 0.05) is 17.3 Å². The molecule has 1 aliphatic rings. The monoisotopic (exact) mass is 193 g/mol. The second-order valence-corrected chi connectivity index (χ2v) is 3.93. The van der Waals surface area contributed by atoms with E-state index in [-0.39, 0.29) is 5.91 Å². The van der Waals surface area contributed by atoms with Crippen LogP contribution in [-0.2, 0) is 11.2 Å². The highest BCUT2D eigenvalue weighted by molar-refractivity contribution is 5.79. The third-order valence-electron chi connectivity index (χ3n) is 2.56. The van der Waals surface area contributed by atoms with Crippen molar-refractivity contribution in [2.45, 2.75) is 39.2 Å². The molecule has 0 unspecified atom stereocenters. The second-order valence-electron chi connectivity index (χ2n) is 3.93. The molecule has 1 saturated carbocycles. The number of H-pyrrole nitrogens is 1. The van der Waals surface area contributed by atoms with E-state index in [1.54, 1.807) is 0 Å². The van der Waals surface area contributed by atoms with Crippen LogP contribution < -0.4 is 5.32 Å². The van der Waals surface area contributed by atoms with Crippen LogP contribution in [-0.4, -0.2) is 22.1 Å². The van der Waals surface area contributed by atoms with Gasteiger partial charge in [0.05, 0.1) is 12.1 Å². The van der Waals surface area contributed by atoms with Crippen molar-refractivity contribution in [3.63, 3.8) is 0 Å². The average molecular weight is 193 g/mol. The van der Waals surface area contributed by atoms with Crippen LogP contribution in [0, 0.1) is 13.8 Å². The summed E-state index contributed by atoms with van der Waals surface area (Å²) in [5, 5.41) is 9.91. The summed E-state index contributed by atoms with van der Waals surface area (Å²) in [4.78, 5) is 11.5. The zero-order chi connectivity index (χ0) is 10.1. The van der Waals surface area contributed by atoms with E-state index in [4.69, 9.17) is 0 Å². The molecule has 0 aromatic carbocycles. The SMILES string of the molecule is Cc1n[nH]c(C)c1CC(=O)NC1CC1. The predicted octanol–water partition coefficient (Wildman–Crippen LogP) is 0.848. The molecule has 2 N–H and O–H groups in total. The Morgan fingerprint density at radius 1 is 1.57 bits per heavy atom. The Bertz CT molecular complexity index is 333. The van der Waals surface area contributed by atoms with Crippen molar-refractivity contribution >= 4 is 5.91 Å². The number of aryl methyl sites for hydroxylation is 2. The minimum absolute atomic E-state index is 0.111. The Hall–Kier alpha value is -1.32. The van der Waals surface area contributed by atoms with Gasteiger partial charge < -0.3 is 5.32 Å². The van der Waals surface area contributed by atoms with Crippen LogP contribution in [0.4, 0.5) is 0 Å². The zero-order valence-corrected chi connectivity index (χ0v) is 8.55. The van der Waals surface area contributed by atoms with E-state index < -0.39 is 0 Å². The first-order valence-corrected chi connectivity index (χ1v) is 4.96. The van der Waals surface area contributed by atoms with Crippen molar-refractivity contribution < 1.29 is 4.79 Å². The van der Waals surface area contributed by atoms with Crippen molar-refractivity contribution in [2.75, 3.05) is 0 Å². The molecule has 0 aliphatic heterocycles. The lowest BCUT2D eigenvalue weighted by atomic mass is 10.1. The number of hydrogen-bond donors (Lipinski definition) is 2. The summed E-state index contributed by atoms with van der Waals surface area (Å²) in [7, 11) is 0. The molecule has 1 aliphatic carbocycles. The van der Waals surface area contributed by atoms with Crippen molar-refractivity contribution in [1.82, 2.24) is 15.5 Å². The van der Waals surface area contributed by atoms with Gasteiger partial charge >= 0.3 is 0 Å². The van der Waals surface area contributed by atoms with E-state index >= 15 is 0 Å². The Morgan fingerprint density at radius 2 is 2.29 bits per heavy atom. The smallest absolute Gasteiger partial charge is 0.224 e. The summed E-state index contributed by atoms with van der Waals surface area (Å²) >= 11 is 0. The average Bonchev–Trinajstić information content (AvgIpc) is 2.88. The number of amides is 1. The molecule has 0 spiro atoms. The summed E-state index contributed by atoms with van der Waals surface area (Å²) in [5.41, 5.74) is 2.95. The first-order chi connectivity index (χ1) is 6.66. The van der Waals surface area contributed by atoms with Crippen LogP contribution in [0.25, 0.3) is 0 Å². The first-order valence-electron chi connectivity index (χ1n) is 4.96. The van der Waals surface area contributed by atoms with E-state index in [9.17, 15) is 4.79 Å². The van der Waals surface area contributed by atoms with E-state index in [1.807, 2.05) is 13.8 Å². The van der Waals surface area contributed by atoms with E-state index in [0.29, 0.717) is 12.5 Å². The molecule has 4 nitrogen and oxygen atoms in total. The molecule has 1 aromatic heterocycles. The highest BCUT2D eigenvalue weighted by Gasteiger charge is 2.23. The molecule has 1 amide bonds. The maximum Gasteiger partial charge on any atom is 0.224 e. The number of hydrogen-bond acceptors (Lipinski definition) is 2. The third-order valence-corrected chi connectivity index (χ3v) is 2.56. The van der Waals surface area contributed by atoms with Crippen molar-refractivity contribution in [3.05, 3.63) is 17.0 Å². The van der Waals surface area contributed by atoms with Gasteiger partial charge in [-0.2, -0.15) is 5.10 Å². The summed E-state index contributed by atoms with van der Waals surface area (Å²) in [6, 6.07) is 0.440. The summed E-state index contributed by atoms with van der Waals surface area (Å²) < 4.78 is 0. The van der Waals surface area contributed by atoms with Crippen LogP contribution in [0.3, 0.4) is 0 Å². The van der Waals surface area contributed by atoms with Gasteiger partial charge in [0.25, 0.3) is 0 Å². The number of carbonyl (C=O) groups excluding carboxylic acids is 1. The molecule has 0 radical (unpaired) electrons. The van der Waals surface area contributed by atoms with Crippen LogP contribution in [0.15, 0.2) is 0 Å². The Labute approximate surface area is 83.1 Å². The van der Waals surface area contributed by atoms with Gasteiger partial charge in [-0.05, 0) is 26.7 Å². The van der Waals surface area contributed by atoms with E-state index in [0.717, 1.165) is 29.8 Å². The van der Waals surface area contributed by atoms with Crippen LogP contribution in [0.2, 0.25) is 0 Å². The van der Waals surface area contributed by atoms with Gasteiger partial charge in [-0.15, -0.1) is 0 Å². The lowest BCUT2D eigenvalue weighted by Crippen LogP contribution is -2.27. The summed E-state index contributed by atoms with van der Waals surface area (Å²) in [6.07, 6.45) is 2.72. The number of aromatic amines is 1. The fourth-order valence-corrected chi connectivity index (χ4v) is 1.50. The fraction of sp³-hybridized carbons (Fsp3) is 0.600. The molecule has 2 rings (SSSR count). The molecule has 4 heteroatoms. The number of carbonyl (C=O) groups is 1. The van der Waals surface area contributed by atoms with Gasteiger partial charge in [-0.25, -0.2) is 0 Å². The summed E-state index contributed by atoms with van der Waals surface area (Å²) in [6.45, 7) is 3.86. The molecule has 0 bridgehead atoms. The minimum Gasteiger partial charge on any atom is -0.353 e. The molecular weight excluding hydrogens is 178 g/mol. The quantitative estimate of drug-likeness (QED) is 0.747. The normalized spacial score (nSPS) is 15.6. The Morgan fingerprint density at radius 3 is 2.79 bits per heavy atom. The second kappa shape index (κ2) is 3.44. The molecule has 1 fully saturated rings. The van der Waals surface area contributed by atoms with Crippen molar-refractivity contribution in [1.29, 1.82) is 0 Å².